The van der Waals surface area contributed by atoms with E-state index >= 15 is 0 Å². The standard InChI is InChI=1S/C20H35NO2/c1-2-3-4-5-6-7-8-9-10-11-12-13-14-17-20(22)23-21-18-15-16-19-21/h15-16,18-19H,2-14,17H2,1H3. The van der Waals surface area contributed by atoms with Gasteiger partial charge in [0.05, 0.1) is 0 Å². The number of carbonyl (C=O) groups is 1. The molecule has 1 aromatic heterocycles. The molecule has 132 valence electrons. The van der Waals surface area contributed by atoms with Crippen molar-refractivity contribution < 1.29 is 9.63 Å². The second kappa shape index (κ2) is 14.3. The molecule has 1 aromatic rings. The van der Waals surface area contributed by atoms with E-state index in [1.807, 2.05) is 12.1 Å². The van der Waals surface area contributed by atoms with Gasteiger partial charge in [0.1, 0.15) is 0 Å². The van der Waals surface area contributed by atoms with Crippen LogP contribution in [0.2, 0.25) is 0 Å². The first-order valence-electron chi connectivity index (χ1n) is 9.67. The summed E-state index contributed by atoms with van der Waals surface area (Å²) in [6, 6.07) is 3.69. The van der Waals surface area contributed by atoms with E-state index in [4.69, 9.17) is 4.84 Å². The minimum absolute atomic E-state index is 0.135. The average molecular weight is 322 g/mol. The Balaban J connectivity index is 1.77. The van der Waals surface area contributed by atoms with Gasteiger partial charge >= 0.3 is 5.97 Å². The molecule has 3 nitrogen and oxygen atoms in total. The predicted molar refractivity (Wildman–Crippen MR) is 96.3 cm³/mol. The van der Waals surface area contributed by atoms with Gasteiger partial charge in [0.15, 0.2) is 0 Å². The Labute approximate surface area is 142 Å². The van der Waals surface area contributed by atoms with Crippen LogP contribution in [0.15, 0.2) is 24.5 Å². The third-order valence-electron chi connectivity index (χ3n) is 4.27. The van der Waals surface area contributed by atoms with Crippen LogP contribution in [0.5, 0.6) is 0 Å². The number of nitrogens with zero attached hydrogens (tertiary/aromatic N) is 1. The van der Waals surface area contributed by atoms with Crippen LogP contribution in [0.25, 0.3) is 0 Å². The second-order valence-corrected chi connectivity index (χ2v) is 6.50. The first kappa shape index (κ1) is 19.8. The highest BCUT2D eigenvalue weighted by molar-refractivity contribution is 5.69. The van der Waals surface area contributed by atoms with Crippen molar-refractivity contribution in [3.63, 3.8) is 0 Å². The van der Waals surface area contributed by atoms with Gasteiger partial charge in [-0.05, 0) is 18.6 Å². The molecule has 0 radical (unpaired) electrons. The maximum absolute atomic E-state index is 11.6. The summed E-state index contributed by atoms with van der Waals surface area (Å²) in [5.74, 6) is -0.135. The van der Waals surface area contributed by atoms with Gasteiger partial charge in [-0.15, -0.1) is 0 Å². The van der Waals surface area contributed by atoms with Gasteiger partial charge in [-0.3, -0.25) is 0 Å². The van der Waals surface area contributed by atoms with Crippen LogP contribution >= 0.6 is 0 Å². The van der Waals surface area contributed by atoms with E-state index in [9.17, 15) is 4.79 Å². The smallest absolute Gasteiger partial charge is 0.332 e. The quantitative estimate of drug-likeness (QED) is 0.375. The van der Waals surface area contributed by atoms with E-state index in [-0.39, 0.29) is 5.97 Å². The number of carbonyl (C=O) groups excluding carboxylic acids is 1. The van der Waals surface area contributed by atoms with Crippen LogP contribution in [0.3, 0.4) is 0 Å². The summed E-state index contributed by atoms with van der Waals surface area (Å²) in [6.07, 6.45) is 21.2. The Morgan fingerprint density at radius 3 is 1.65 bits per heavy atom. The molecule has 1 rings (SSSR count). The fourth-order valence-electron chi connectivity index (χ4n) is 2.83. The van der Waals surface area contributed by atoms with Gasteiger partial charge in [-0.1, -0.05) is 84.0 Å². The lowest BCUT2D eigenvalue weighted by Gasteiger charge is -2.04. The molecule has 3 heteroatoms. The highest BCUT2D eigenvalue weighted by atomic mass is 16.7. The molecule has 0 aromatic carbocycles. The summed E-state index contributed by atoms with van der Waals surface area (Å²) < 4.78 is 1.46. The third kappa shape index (κ3) is 11.9. The van der Waals surface area contributed by atoms with Gasteiger partial charge in [0, 0.05) is 18.8 Å². The summed E-state index contributed by atoms with van der Waals surface area (Å²) in [5, 5.41) is 0. The van der Waals surface area contributed by atoms with E-state index < -0.39 is 0 Å². The lowest BCUT2D eigenvalue weighted by atomic mass is 10.0. The summed E-state index contributed by atoms with van der Waals surface area (Å²) >= 11 is 0. The molecular weight excluding hydrogens is 286 g/mol. The number of aromatic nitrogens is 1. The molecule has 0 saturated heterocycles. The number of hydrogen-bond donors (Lipinski definition) is 0. The highest BCUT2D eigenvalue weighted by Gasteiger charge is 2.03. The van der Waals surface area contributed by atoms with Gasteiger partial charge < -0.3 is 4.84 Å². The van der Waals surface area contributed by atoms with E-state index in [0.29, 0.717) is 6.42 Å². The van der Waals surface area contributed by atoms with Crippen molar-refractivity contribution in [2.24, 2.45) is 0 Å². The van der Waals surface area contributed by atoms with Crippen LogP contribution in [0.1, 0.15) is 96.8 Å². The minimum Gasteiger partial charge on any atom is -0.337 e. The van der Waals surface area contributed by atoms with E-state index in [0.717, 1.165) is 12.8 Å². The fourth-order valence-corrected chi connectivity index (χ4v) is 2.83. The van der Waals surface area contributed by atoms with Crippen LogP contribution in [0, 0.1) is 0 Å². The normalized spacial score (nSPS) is 10.8. The zero-order chi connectivity index (χ0) is 16.6. The van der Waals surface area contributed by atoms with Crippen molar-refractivity contribution in [1.29, 1.82) is 0 Å². The number of hydrogen-bond acceptors (Lipinski definition) is 2. The zero-order valence-corrected chi connectivity index (χ0v) is 15.0. The first-order chi connectivity index (χ1) is 11.3. The zero-order valence-electron chi connectivity index (χ0n) is 15.0. The van der Waals surface area contributed by atoms with Crippen LogP contribution in [0.4, 0.5) is 0 Å². The summed E-state index contributed by atoms with van der Waals surface area (Å²) in [7, 11) is 0. The van der Waals surface area contributed by atoms with E-state index in [1.54, 1.807) is 12.4 Å². The highest BCUT2D eigenvalue weighted by Crippen LogP contribution is 2.12. The monoisotopic (exact) mass is 321 g/mol. The molecule has 0 spiro atoms. The summed E-state index contributed by atoms with van der Waals surface area (Å²) in [6.45, 7) is 2.27. The molecule has 0 atom stereocenters. The number of rotatable bonds is 15. The minimum atomic E-state index is -0.135. The fraction of sp³-hybridized carbons (Fsp3) is 0.750. The summed E-state index contributed by atoms with van der Waals surface area (Å²) in [5.41, 5.74) is 0. The molecule has 0 aliphatic rings. The van der Waals surface area contributed by atoms with Crippen molar-refractivity contribution >= 4 is 5.97 Å². The molecule has 0 aliphatic carbocycles. The second-order valence-electron chi connectivity index (χ2n) is 6.50. The third-order valence-corrected chi connectivity index (χ3v) is 4.27. The molecule has 0 N–H and O–H groups in total. The van der Waals surface area contributed by atoms with Crippen molar-refractivity contribution in [2.45, 2.75) is 96.8 Å². The summed E-state index contributed by atoms with van der Waals surface area (Å²) in [4.78, 5) is 16.7. The van der Waals surface area contributed by atoms with Crippen LogP contribution in [-0.4, -0.2) is 10.7 Å². The SMILES string of the molecule is CCCCCCCCCCCCCCCC(=O)On1cccc1. The molecule has 0 aliphatic heterocycles. The molecule has 0 saturated carbocycles. The van der Waals surface area contributed by atoms with E-state index in [1.165, 1.54) is 75.4 Å². The lowest BCUT2D eigenvalue weighted by Crippen LogP contribution is -2.17. The molecule has 0 unspecified atom stereocenters. The van der Waals surface area contributed by atoms with Gasteiger partial charge in [0.25, 0.3) is 0 Å². The Morgan fingerprint density at radius 1 is 0.739 bits per heavy atom. The van der Waals surface area contributed by atoms with Crippen molar-refractivity contribution in [3.8, 4) is 0 Å². The van der Waals surface area contributed by atoms with Crippen LogP contribution < -0.4 is 4.84 Å². The van der Waals surface area contributed by atoms with Crippen molar-refractivity contribution in [3.05, 3.63) is 24.5 Å². The van der Waals surface area contributed by atoms with Crippen LogP contribution in [-0.2, 0) is 4.79 Å². The van der Waals surface area contributed by atoms with Gasteiger partial charge in [-0.25, -0.2) is 4.79 Å². The largest absolute Gasteiger partial charge is 0.337 e. The average Bonchev–Trinajstić information content (AvgIpc) is 3.04. The Kier molecular flexibility index (Phi) is 12.4. The Bertz CT molecular complexity index is 373. The van der Waals surface area contributed by atoms with Crippen molar-refractivity contribution in [1.82, 2.24) is 4.73 Å². The molecule has 0 amide bonds. The number of unbranched alkanes of at least 4 members (excludes halogenated alkanes) is 12. The lowest BCUT2D eigenvalue weighted by molar-refractivity contribution is -0.144. The first-order valence-corrected chi connectivity index (χ1v) is 9.67. The van der Waals surface area contributed by atoms with Gasteiger partial charge in [0.2, 0.25) is 0 Å². The molecule has 1 heterocycles. The molecule has 0 bridgehead atoms. The van der Waals surface area contributed by atoms with Crippen molar-refractivity contribution in [2.75, 3.05) is 0 Å². The maximum Gasteiger partial charge on any atom is 0.332 e. The Morgan fingerprint density at radius 2 is 1.17 bits per heavy atom. The van der Waals surface area contributed by atoms with Gasteiger partial charge in [-0.2, -0.15) is 4.73 Å². The maximum atomic E-state index is 11.6. The topological polar surface area (TPSA) is 31.2 Å². The molecule has 0 fully saturated rings. The molecule has 23 heavy (non-hydrogen) atoms. The predicted octanol–water partition coefficient (Wildman–Crippen LogP) is 5.92. The molecular formula is C20H35NO2. The van der Waals surface area contributed by atoms with E-state index in [2.05, 4.69) is 6.92 Å². The Hall–Kier alpha value is -1.25.